The highest BCUT2D eigenvalue weighted by molar-refractivity contribution is 7.89. The average molecular weight is 432 g/mol. The zero-order chi connectivity index (χ0) is 22.1. The van der Waals surface area contributed by atoms with Gasteiger partial charge in [0.15, 0.2) is 0 Å². The Morgan fingerprint density at radius 3 is 2.50 bits per heavy atom. The van der Waals surface area contributed by atoms with Crippen LogP contribution in [-0.2, 0) is 14.8 Å². The summed E-state index contributed by atoms with van der Waals surface area (Å²) >= 11 is 0. The Bertz CT molecular complexity index is 1010. The zero-order valence-corrected chi connectivity index (χ0v) is 18.9. The highest BCUT2D eigenvalue weighted by Gasteiger charge is 2.38. The van der Waals surface area contributed by atoms with E-state index in [1.807, 2.05) is 13.0 Å². The normalized spacial score (nSPS) is 17.7. The van der Waals surface area contributed by atoms with E-state index in [2.05, 4.69) is 4.98 Å². The molecule has 1 aliphatic rings. The number of hydrogen-bond donors (Lipinski definition) is 0. The fraction of sp³-hybridized carbons (Fsp3) is 0.455. The molecule has 0 saturated carbocycles. The molecule has 0 aliphatic carbocycles. The fourth-order valence-corrected chi connectivity index (χ4v) is 5.23. The molecule has 1 fully saturated rings. The average Bonchev–Trinajstić information content (AvgIpc) is 3.17. The molecule has 162 valence electrons. The summed E-state index contributed by atoms with van der Waals surface area (Å²) in [5.74, 6) is 0.405. The van der Waals surface area contributed by atoms with E-state index in [9.17, 15) is 13.2 Å². The van der Waals surface area contributed by atoms with Gasteiger partial charge < -0.3 is 4.74 Å². The third-order valence-corrected chi connectivity index (χ3v) is 6.91. The number of sulfonamides is 1. The standard InChI is InChI=1S/C22H29N3O4S/c1-16-10-12-17(13-11-16)30(27,28)25-15-7-9-19(25)18-8-6-14-23-20(18)24(5)21(26)29-22(2,3)4/h6,8,10-14,19H,7,9,15H2,1-5H3/t19-/m0/s1. The topological polar surface area (TPSA) is 79.8 Å². The number of benzene rings is 1. The van der Waals surface area contributed by atoms with Crippen LogP contribution in [0, 0.1) is 6.92 Å². The van der Waals surface area contributed by atoms with Crippen LogP contribution in [0.4, 0.5) is 10.6 Å². The number of hydrogen-bond acceptors (Lipinski definition) is 5. The predicted molar refractivity (Wildman–Crippen MR) is 116 cm³/mol. The van der Waals surface area contributed by atoms with Crippen LogP contribution in [0.2, 0.25) is 0 Å². The third kappa shape index (κ3) is 4.65. The lowest BCUT2D eigenvalue weighted by atomic mass is 10.1. The summed E-state index contributed by atoms with van der Waals surface area (Å²) < 4.78 is 33.6. The van der Waals surface area contributed by atoms with Crippen molar-refractivity contribution < 1.29 is 17.9 Å². The third-order valence-electron chi connectivity index (χ3n) is 4.99. The molecule has 30 heavy (non-hydrogen) atoms. The Labute approximate surface area is 178 Å². The summed E-state index contributed by atoms with van der Waals surface area (Å²) in [6.07, 6.45) is 2.45. The first kappa shape index (κ1) is 22.2. The van der Waals surface area contributed by atoms with Gasteiger partial charge in [-0.2, -0.15) is 4.31 Å². The monoisotopic (exact) mass is 431 g/mol. The quantitative estimate of drug-likeness (QED) is 0.722. The minimum atomic E-state index is -3.67. The van der Waals surface area contributed by atoms with Crippen LogP contribution in [0.5, 0.6) is 0 Å². The van der Waals surface area contributed by atoms with Crippen LogP contribution in [0.3, 0.4) is 0 Å². The molecule has 2 heterocycles. The second kappa shape index (κ2) is 8.35. The number of nitrogens with zero attached hydrogens (tertiary/aromatic N) is 3. The molecule has 1 aliphatic heterocycles. The number of ether oxygens (including phenoxy) is 1. The maximum absolute atomic E-state index is 13.3. The summed E-state index contributed by atoms with van der Waals surface area (Å²) in [5.41, 5.74) is 1.05. The summed E-state index contributed by atoms with van der Waals surface area (Å²) in [7, 11) is -2.08. The molecule has 0 bridgehead atoms. The molecule has 0 unspecified atom stereocenters. The second-order valence-electron chi connectivity index (χ2n) is 8.54. The highest BCUT2D eigenvalue weighted by atomic mass is 32.2. The second-order valence-corrected chi connectivity index (χ2v) is 10.4. The van der Waals surface area contributed by atoms with Crippen LogP contribution < -0.4 is 4.90 Å². The summed E-state index contributed by atoms with van der Waals surface area (Å²) in [6, 6.07) is 10.1. The van der Waals surface area contributed by atoms with Gasteiger partial charge in [-0.1, -0.05) is 23.8 Å². The number of amides is 1. The number of carbonyl (C=O) groups is 1. The maximum Gasteiger partial charge on any atom is 0.415 e. The van der Waals surface area contributed by atoms with Gasteiger partial charge in [-0.15, -0.1) is 0 Å². The molecule has 0 N–H and O–H groups in total. The molecule has 1 aromatic carbocycles. The van der Waals surface area contributed by atoms with Crippen molar-refractivity contribution in [3.63, 3.8) is 0 Å². The Hall–Kier alpha value is -2.45. The Morgan fingerprint density at radius 1 is 1.20 bits per heavy atom. The molecule has 7 nitrogen and oxygen atoms in total. The van der Waals surface area contributed by atoms with Gasteiger partial charge in [0.1, 0.15) is 11.4 Å². The minimum absolute atomic E-state index is 0.269. The largest absolute Gasteiger partial charge is 0.443 e. The van der Waals surface area contributed by atoms with Crippen LogP contribution in [0.15, 0.2) is 47.5 Å². The van der Waals surface area contributed by atoms with E-state index in [1.165, 1.54) is 9.21 Å². The predicted octanol–water partition coefficient (Wildman–Crippen LogP) is 4.29. The molecular formula is C22H29N3O4S. The van der Waals surface area contributed by atoms with Crippen molar-refractivity contribution in [2.24, 2.45) is 0 Å². The first-order chi connectivity index (χ1) is 14.0. The number of anilines is 1. The maximum atomic E-state index is 13.3. The number of aromatic nitrogens is 1. The molecule has 1 aromatic heterocycles. The van der Waals surface area contributed by atoms with E-state index in [0.717, 1.165) is 12.0 Å². The van der Waals surface area contributed by atoms with E-state index in [0.29, 0.717) is 24.3 Å². The fourth-order valence-electron chi connectivity index (χ4n) is 3.55. The molecule has 1 atom stereocenters. The molecule has 0 radical (unpaired) electrons. The molecular weight excluding hydrogens is 402 g/mol. The van der Waals surface area contributed by atoms with E-state index in [4.69, 9.17) is 4.74 Å². The van der Waals surface area contributed by atoms with E-state index in [-0.39, 0.29) is 4.90 Å². The van der Waals surface area contributed by atoms with Gasteiger partial charge in [0.2, 0.25) is 10.0 Å². The van der Waals surface area contributed by atoms with Gasteiger partial charge in [0, 0.05) is 25.4 Å². The SMILES string of the molecule is Cc1ccc(S(=O)(=O)N2CCC[C@H]2c2cccnc2N(C)C(=O)OC(C)(C)C)cc1. The minimum Gasteiger partial charge on any atom is -0.443 e. The van der Waals surface area contributed by atoms with Gasteiger partial charge in [-0.25, -0.2) is 18.2 Å². The molecule has 3 rings (SSSR count). The molecule has 2 aromatic rings. The first-order valence-electron chi connectivity index (χ1n) is 10.0. The van der Waals surface area contributed by atoms with E-state index in [1.54, 1.807) is 64.3 Å². The number of rotatable bonds is 4. The van der Waals surface area contributed by atoms with Crippen LogP contribution in [-0.4, -0.2) is 43.0 Å². The Kier molecular flexibility index (Phi) is 6.19. The van der Waals surface area contributed by atoms with Crippen molar-refractivity contribution in [3.05, 3.63) is 53.7 Å². The van der Waals surface area contributed by atoms with Crippen LogP contribution >= 0.6 is 0 Å². The number of carbonyl (C=O) groups excluding carboxylic acids is 1. The summed E-state index contributed by atoms with van der Waals surface area (Å²) in [6.45, 7) is 7.73. The van der Waals surface area contributed by atoms with Crippen molar-refractivity contribution in [1.82, 2.24) is 9.29 Å². The first-order valence-corrected chi connectivity index (χ1v) is 11.4. The van der Waals surface area contributed by atoms with Crippen molar-refractivity contribution in [3.8, 4) is 0 Å². The van der Waals surface area contributed by atoms with Gasteiger partial charge in [0.25, 0.3) is 0 Å². The Balaban J connectivity index is 1.96. The van der Waals surface area contributed by atoms with Crippen molar-refractivity contribution in [2.45, 2.75) is 57.1 Å². The van der Waals surface area contributed by atoms with Crippen molar-refractivity contribution in [1.29, 1.82) is 0 Å². The molecule has 0 spiro atoms. The Morgan fingerprint density at radius 2 is 1.87 bits per heavy atom. The molecule has 8 heteroatoms. The van der Waals surface area contributed by atoms with Gasteiger partial charge in [0.05, 0.1) is 10.9 Å². The van der Waals surface area contributed by atoms with Gasteiger partial charge >= 0.3 is 6.09 Å². The summed E-state index contributed by atoms with van der Waals surface area (Å²) in [5, 5.41) is 0. The van der Waals surface area contributed by atoms with Crippen molar-refractivity contribution in [2.75, 3.05) is 18.5 Å². The van der Waals surface area contributed by atoms with E-state index >= 15 is 0 Å². The number of pyridine rings is 1. The molecule has 1 amide bonds. The molecule has 1 saturated heterocycles. The van der Waals surface area contributed by atoms with E-state index < -0.39 is 27.8 Å². The highest BCUT2D eigenvalue weighted by Crippen LogP contribution is 2.39. The lowest BCUT2D eigenvalue weighted by Gasteiger charge is -2.29. The van der Waals surface area contributed by atoms with Crippen LogP contribution in [0.1, 0.15) is 50.8 Å². The van der Waals surface area contributed by atoms with Crippen molar-refractivity contribution >= 4 is 21.9 Å². The lowest BCUT2D eigenvalue weighted by molar-refractivity contribution is 0.0588. The smallest absolute Gasteiger partial charge is 0.415 e. The zero-order valence-electron chi connectivity index (χ0n) is 18.1. The van der Waals surface area contributed by atoms with Gasteiger partial charge in [-0.05, 0) is 58.7 Å². The number of aryl methyl sites for hydroxylation is 1. The van der Waals surface area contributed by atoms with Crippen LogP contribution in [0.25, 0.3) is 0 Å². The van der Waals surface area contributed by atoms with Gasteiger partial charge in [-0.3, -0.25) is 4.90 Å². The summed E-state index contributed by atoms with van der Waals surface area (Å²) in [4.78, 5) is 18.6. The lowest BCUT2D eigenvalue weighted by Crippen LogP contribution is -2.36.